The summed E-state index contributed by atoms with van der Waals surface area (Å²) in [5.41, 5.74) is 1.65. The van der Waals surface area contributed by atoms with Crippen LogP contribution in [0.5, 0.6) is 0 Å². The van der Waals surface area contributed by atoms with Gasteiger partial charge in [0.25, 0.3) is 0 Å². The van der Waals surface area contributed by atoms with Crippen molar-refractivity contribution in [3.63, 3.8) is 0 Å². The molecule has 0 aliphatic carbocycles. The Kier molecular flexibility index (Phi) is 4.09. The van der Waals surface area contributed by atoms with Gasteiger partial charge >= 0.3 is 5.51 Å². The number of alkyl halides is 3. The molecule has 1 aliphatic rings. The van der Waals surface area contributed by atoms with Crippen molar-refractivity contribution in [1.29, 1.82) is 0 Å². The van der Waals surface area contributed by atoms with E-state index in [1.807, 2.05) is 11.8 Å². The van der Waals surface area contributed by atoms with Gasteiger partial charge in [0.1, 0.15) is 0 Å². The lowest BCUT2D eigenvalue weighted by molar-refractivity contribution is -0.0328. The summed E-state index contributed by atoms with van der Waals surface area (Å²) in [6.07, 6.45) is 0. The van der Waals surface area contributed by atoms with Crippen LogP contribution in [0.15, 0.2) is 0 Å². The van der Waals surface area contributed by atoms with Gasteiger partial charge in [0, 0.05) is 31.4 Å². The van der Waals surface area contributed by atoms with Gasteiger partial charge < -0.3 is 10.6 Å². The molecule has 1 heterocycles. The summed E-state index contributed by atoms with van der Waals surface area (Å²) in [7, 11) is 0. The summed E-state index contributed by atoms with van der Waals surface area (Å²) in [6.45, 7) is 4.04. The van der Waals surface area contributed by atoms with Crippen LogP contribution in [0.2, 0.25) is 0 Å². The number of nitrogens with zero attached hydrogens (tertiary/aromatic N) is 1. The fourth-order valence-corrected chi connectivity index (χ4v) is 2.15. The van der Waals surface area contributed by atoms with Crippen molar-refractivity contribution in [2.75, 3.05) is 25.4 Å². The Labute approximate surface area is 86.0 Å². The maximum Gasteiger partial charge on any atom is 0.441 e. The highest BCUT2D eigenvalue weighted by atomic mass is 32.2. The zero-order chi connectivity index (χ0) is 10.8. The van der Waals surface area contributed by atoms with E-state index in [0.29, 0.717) is 12.5 Å². The molecular formula is C8H15F3N2S. The van der Waals surface area contributed by atoms with Gasteiger partial charge in [-0.3, -0.25) is 0 Å². The minimum atomic E-state index is -4.10. The molecule has 1 fully saturated rings. The molecule has 84 valence electrons. The van der Waals surface area contributed by atoms with E-state index in [-0.39, 0.29) is 23.6 Å². The fraction of sp³-hybridized carbons (Fsp3) is 1.00. The first kappa shape index (κ1) is 12.1. The molecule has 1 rings (SSSR count). The Morgan fingerprint density at radius 1 is 1.43 bits per heavy atom. The number of thioether (sulfide) groups is 1. The number of rotatable bonds is 3. The number of hydrogen-bond donors (Lipinski definition) is 1. The molecule has 2 N–H and O–H groups in total. The molecule has 1 saturated heterocycles. The van der Waals surface area contributed by atoms with Crippen LogP contribution in [-0.4, -0.2) is 41.8 Å². The van der Waals surface area contributed by atoms with E-state index >= 15 is 0 Å². The van der Waals surface area contributed by atoms with Gasteiger partial charge in [0.05, 0.1) is 0 Å². The molecule has 1 aliphatic heterocycles. The Morgan fingerprint density at radius 2 is 2.07 bits per heavy atom. The quantitative estimate of drug-likeness (QED) is 0.794. The van der Waals surface area contributed by atoms with Gasteiger partial charge in [0.15, 0.2) is 0 Å². The largest absolute Gasteiger partial charge is 0.441 e. The van der Waals surface area contributed by atoms with Gasteiger partial charge in [0.2, 0.25) is 0 Å². The second kappa shape index (κ2) is 4.72. The Morgan fingerprint density at radius 3 is 2.50 bits per heavy atom. The van der Waals surface area contributed by atoms with Gasteiger partial charge in [-0.05, 0) is 17.7 Å². The molecule has 0 amide bonds. The highest BCUT2D eigenvalue weighted by Crippen LogP contribution is 2.30. The predicted molar refractivity (Wildman–Crippen MR) is 52.1 cm³/mol. The lowest BCUT2D eigenvalue weighted by Crippen LogP contribution is -2.29. The van der Waals surface area contributed by atoms with Crippen LogP contribution in [0.25, 0.3) is 0 Å². The summed E-state index contributed by atoms with van der Waals surface area (Å²) < 4.78 is 35.4. The average Bonchev–Trinajstić information content (AvgIpc) is 2.28. The standard InChI is InChI=1S/C8H15F3N2S/c1-6-4-13(5-7(6)12)2-3-14-8(9,10)11/h6-7H,2-5,12H2,1H3. The first-order chi connectivity index (χ1) is 6.38. The minimum absolute atomic E-state index is 0.0404. The first-order valence-corrected chi connectivity index (χ1v) is 5.55. The van der Waals surface area contributed by atoms with Crippen molar-refractivity contribution < 1.29 is 13.2 Å². The SMILES string of the molecule is CC1CN(CCSC(F)(F)F)CC1N. The van der Waals surface area contributed by atoms with Gasteiger partial charge in [-0.15, -0.1) is 0 Å². The predicted octanol–water partition coefficient (Wildman–Crippen LogP) is 1.52. The van der Waals surface area contributed by atoms with E-state index in [9.17, 15) is 13.2 Å². The monoisotopic (exact) mass is 228 g/mol. The smallest absolute Gasteiger partial charge is 0.326 e. The van der Waals surface area contributed by atoms with Crippen LogP contribution in [0.1, 0.15) is 6.92 Å². The zero-order valence-corrected chi connectivity index (χ0v) is 8.87. The van der Waals surface area contributed by atoms with E-state index in [0.717, 1.165) is 13.1 Å². The Bertz CT molecular complexity index is 176. The Hall–Kier alpha value is 0.0600. The molecule has 2 nitrogen and oxygen atoms in total. The van der Waals surface area contributed by atoms with Gasteiger partial charge in [-0.2, -0.15) is 13.2 Å². The third-order valence-corrected chi connectivity index (χ3v) is 3.13. The molecular weight excluding hydrogens is 213 g/mol. The molecule has 0 spiro atoms. The fourth-order valence-electron chi connectivity index (χ4n) is 1.57. The highest BCUT2D eigenvalue weighted by Gasteiger charge is 2.30. The van der Waals surface area contributed by atoms with Crippen molar-refractivity contribution in [3.8, 4) is 0 Å². The van der Waals surface area contributed by atoms with E-state index < -0.39 is 5.51 Å². The molecule has 2 atom stereocenters. The lowest BCUT2D eigenvalue weighted by Gasteiger charge is -2.15. The Balaban J connectivity index is 2.15. The molecule has 0 aromatic rings. The summed E-state index contributed by atoms with van der Waals surface area (Å²) in [5.74, 6) is 0.494. The number of nitrogens with two attached hydrogens (primary N) is 1. The maximum absolute atomic E-state index is 11.8. The van der Waals surface area contributed by atoms with Gasteiger partial charge in [-0.1, -0.05) is 6.92 Å². The molecule has 0 radical (unpaired) electrons. The molecule has 2 unspecified atom stereocenters. The van der Waals surface area contributed by atoms with E-state index in [1.165, 1.54) is 0 Å². The zero-order valence-electron chi connectivity index (χ0n) is 8.05. The van der Waals surface area contributed by atoms with Gasteiger partial charge in [-0.25, -0.2) is 0 Å². The lowest BCUT2D eigenvalue weighted by atomic mass is 10.1. The highest BCUT2D eigenvalue weighted by molar-refractivity contribution is 8.00. The summed E-state index contributed by atoms with van der Waals surface area (Å²) in [6, 6.07) is 0.117. The van der Waals surface area contributed by atoms with Crippen molar-refractivity contribution >= 4 is 11.8 Å². The summed E-state index contributed by atoms with van der Waals surface area (Å²) in [5, 5.41) is 0. The molecule has 0 saturated carbocycles. The van der Waals surface area contributed by atoms with Crippen molar-refractivity contribution in [1.82, 2.24) is 4.90 Å². The number of likely N-dealkylation sites (tertiary alicyclic amines) is 1. The van der Waals surface area contributed by atoms with Crippen molar-refractivity contribution in [2.45, 2.75) is 18.5 Å². The second-order valence-corrected chi connectivity index (χ2v) is 4.85. The van der Waals surface area contributed by atoms with Crippen LogP contribution < -0.4 is 5.73 Å². The molecule has 6 heteroatoms. The first-order valence-electron chi connectivity index (χ1n) is 4.57. The topological polar surface area (TPSA) is 29.3 Å². The normalized spacial score (nSPS) is 29.8. The van der Waals surface area contributed by atoms with Crippen LogP contribution in [-0.2, 0) is 0 Å². The van der Waals surface area contributed by atoms with E-state index in [2.05, 4.69) is 0 Å². The van der Waals surface area contributed by atoms with E-state index in [4.69, 9.17) is 5.73 Å². The van der Waals surface area contributed by atoms with Crippen molar-refractivity contribution in [2.24, 2.45) is 11.7 Å². The molecule has 14 heavy (non-hydrogen) atoms. The maximum atomic E-state index is 11.8. The second-order valence-electron chi connectivity index (χ2n) is 3.69. The summed E-state index contributed by atoms with van der Waals surface area (Å²) >= 11 is 0.0404. The molecule has 0 bridgehead atoms. The van der Waals surface area contributed by atoms with Crippen LogP contribution >= 0.6 is 11.8 Å². The van der Waals surface area contributed by atoms with E-state index in [1.54, 1.807) is 0 Å². The average molecular weight is 228 g/mol. The summed E-state index contributed by atoms with van der Waals surface area (Å²) in [4.78, 5) is 1.99. The van der Waals surface area contributed by atoms with Crippen LogP contribution in [0.4, 0.5) is 13.2 Å². The number of hydrogen-bond acceptors (Lipinski definition) is 3. The minimum Gasteiger partial charge on any atom is -0.326 e. The van der Waals surface area contributed by atoms with Crippen molar-refractivity contribution in [3.05, 3.63) is 0 Å². The number of halogens is 3. The molecule has 0 aromatic heterocycles. The molecule has 0 aromatic carbocycles. The third-order valence-electron chi connectivity index (χ3n) is 2.42. The van der Waals surface area contributed by atoms with Crippen LogP contribution in [0, 0.1) is 5.92 Å². The van der Waals surface area contributed by atoms with Crippen LogP contribution in [0.3, 0.4) is 0 Å². The third kappa shape index (κ3) is 4.06.